The highest BCUT2D eigenvalue weighted by Gasteiger charge is 2.15. The van der Waals surface area contributed by atoms with Crippen LogP contribution in [0.25, 0.3) is 21.9 Å². The summed E-state index contributed by atoms with van der Waals surface area (Å²) in [4.78, 5) is 11.7. The van der Waals surface area contributed by atoms with Crippen molar-refractivity contribution in [2.75, 3.05) is 13.2 Å². The minimum absolute atomic E-state index is 0.398. The average molecular weight is 293 g/mol. The first-order valence-electron chi connectivity index (χ1n) is 7.37. The smallest absolute Gasteiger partial charge is 0.141 e. The van der Waals surface area contributed by atoms with E-state index in [0.29, 0.717) is 18.3 Å². The standard InChI is InChI=1S/C16H15N5O/c17-6-11-4-13-14-5-12(22-9-10-2-1-3-18-10)7-20-16(14)21-15(13)8-19-11/h4-5,7-8,10,18H,1-3,9H2,(H,20,21)/t10-/m0/s1. The summed E-state index contributed by atoms with van der Waals surface area (Å²) in [7, 11) is 0. The molecule has 0 aromatic carbocycles. The lowest BCUT2D eigenvalue weighted by molar-refractivity contribution is 0.277. The molecule has 0 radical (unpaired) electrons. The number of H-pyrrole nitrogens is 1. The number of nitriles is 1. The molecule has 6 heteroatoms. The maximum atomic E-state index is 9.00. The molecular formula is C16H15N5O. The molecule has 3 aromatic rings. The highest BCUT2D eigenvalue weighted by Crippen LogP contribution is 2.27. The van der Waals surface area contributed by atoms with Crippen LogP contribution in [0.15, 0.2) is 24.5 Å². The lowest BCUT2D eigenvalue weighted by Gasteiger charge is -2.11. The molecule has 2 N–H and O–H groups in total. The van der Waals surface area contributed by atoms with E-state index in [9.17, 15) is 0 Å². The van der Waals surface area contributed by atoms with Crippen LogP contribution in [-0.4, -0.2) is 34.1 Å². The summed E-state index contributed by atoms with van der Waals surface area (Å²) in [5, 5.41) is 14.3. The molecular weight excluding hydrogens is 278 g/mol. The number of nitrogens with zero attached hydrogens (tertiary/aromatic N) is 3. The minimum Gasteiger partial charge on any atom is -0.490 e. The Hall–Kier alpha value is -2.65. The Morgan fingerprint density at radius 2 is 2.23 bits per heavy atom. The molecule has 0 saturated carbocycles. The number of pyridine rings is 2. The first kappa shape index (κ1) is 13.0. The van der Waals surface area contributed by atoms with Crippen molar-refractivity contribution in [2.45, 2.75) is 18.9 Å². The molecule has 0 spiro atoms. The SMILES string of the molecule is N#Cc1cc2c(cn1)[nH]c1ncc(OC[C@@H]3CCCN3)cc12. The molecule has 0 bridgehead atoms. The maximum Gasteiger partial charge on any atom is 0.141 e. The normalized spacial score (nSPS) is 17.9. The molecule has 0 aliphatic carbocycles. The van der Waals surface area contributed by atoms with E-state index in [1.165, 1.54) is 6.42 Å². The Labute approximate surface area is 127 Å². The van der Waals surface area contributed by atoms with Gasteiger partial charge in [-0.1, -0.05) is 0 Å². The van der Waals surface area contributed by atoms with Gasteiger partial charge < -0.3 is 15.0 Å². The molecule has 4 rings (SSSR count). The molecule has 3 aromatic heterocycles. The first-order chi connectivity index (χ1) is 10.8. The van der Waals surface area contributed by atoms with E-state index in [4.69, 9.17) is 10.00 Å². The number of hydrogen-bond donors (Lipinski definition) is 2. The Bertz CT molecular complexity index is 873. The van der Waals surface area contributed by atoms with E-state index in [1.54, 1.807) is 18.5 Å². The fourth-order valence-electron chi connectivity index (χ4n) is 2.89. The van der Waals surface area contributed by atoms with E-state index in [-0.39, 0.29) is 0 Å². The van der Waals surface area contributed by atoms with Crippen LogP contribution in [0.2, 0.25) is 0 Å². The predicted octanol–water partition coefficient (Wildman–Crippen LogP) is 2.11. The van der Waals surface area contributed by atoms with Gasteiger partial charge in [0, 0.05) is 16.8 Å². The number of hydrogen-bond acceptors (Lipinski definition) is 5. The van der Waals surface area contributed by atoms with Crippen molar-refractivity contribution < 1.29 is 4.74 Å². The van der Waals surface area contributed by atoms with Crippen molar-refractivity contribution in [3.05, 3.63) is 30.2 Å². The lowest BCUT2D eigenvalue weighted by atomic mass is 10.2. The molecule has 110 valence electrons. The number of fused-ring (bicyclic) bond motifs is 3. The van der Waals surface area contributed by atoms with E-state index in [0.717, 1.165) is 40.7 Å². The Balaban J connectivity index is 1.69. The third kappa shape index (κ3) is 2.26. The lowest BCUT2D eigenvalue weighted by Crippen LogP contribution is -2.28. The van der Waals surface area contributed by atoms with E-state index in [1.807, 2.05) is 6.07 Å². The average Bonchev–Trinajstić information content (AvgIpc) is 3.19. The summed E-state index contributed by atoms with van der Waals surface area (Å²) in [6, 6.07) is 6.24. The maximum absolute atomic E-state index is 9.00. The fourth-order valence-corrected chi connectivity index (χ4v) is 2.89. The zero-order valence-electron chi connectivity index (χ0n) is 12.0. The molecule has 0 unspecified atom stereocenters. The van der Waals surface area contributed by atoms with Crippen LogP contribution in [0.5, 0.6) is 5.75 Å². The van der Waals surface area contributed by atoms with Crippen molar-refractivity contribution in [1.29, 1.82) is 5.26 Å². The molecule has 1 fully saturated rings. The van der Waals surface area contributed by atoms with Crippen molar-refractivity contribution in [3.63, 3.8) is 0 Å². The summed E-state index contributed by atoms with van der Waals surface area (Å²) in [6.45, 7) is 1.72. The van der Waals surface area contributed by atoms with Crippen LogP contribution in [0, 0.1) is 11.3 Å². The zero-order valence-corrected chi connectivity index (χ0v) is 12.0. The summed E-state index contributed by atoms with van der Waals surface area (Å²) in [5.74, 6) is 0.748. The molecule has 1 saturated heterocycles. The van der Waals surface area contributed by atoms with Gasteiger partial charge in [0.05, 0.1) is 17.9 Å². The number of rotatable bonds is 3. The van der Waals surface area contributed by atoms with Crippen LogP contribution in [0.4, 0.5) is 0 Å². The first-order valence-corrected chi connectivity index (χ1v) is 7.37. The van der Waals surface area contributed by atoms with Crippen LogP contribution in [0.3, 0.4) is 0 Å². The molecule has 4 heterocycles. The topological polar surface area (TPSA) is 86.6 Å². The third-order valence-electron chi connectivity index (χ3n) is 4.04. The Kier molecular flexibility index (Phi) is 3.13. The summed E-state index contributed by atoms with van der Waals surface area (Å²) < 4.78 is 5.85. The highest BCUT2D eigenvalue weighted by molar-refractivity contribution is 6.06. The largest absolute Gasteiger partial charge is 0.490 e. The molecule has 1 aliphatic heterocycles. The highest BCUT2D eigenvalue weighted by atomic mass is 16.5. The van der Waals surface area contributed by atoms with E-state index >= 15 is 0 Å². The Morgan fingerprint density at radius 1 is 1.27 bits per heavy atom. The van der Waals surface area contributed by atoms with Crippen molar-refractivity contribution in [1.82, 2.24) is 20.3 Å². The van der Waals surface area contributed by atoms with Crippen LogP contribution >= 0.6 is 0 Å². The van der Waals surface area contributed by atoms with Gasteiger partial charge in [-0.3, -0.25) is 0 Å². The van der Waals surface area contributed by atoms with Gasteiger partial charge in [-0.2, -0.15) is 5.26 Å². The molecule has 1 aliphatic rings. The third-order valence-corrected chi connectivity index (χ3v) is 4.04. The quantitative estimate of drug-likeness (QED) is 0.772. The van der Waals surface area contributed by atoms with Crippen LogP contribution in [0.1, 0.15) is 18.5 Å². The fraction of sp³-hybridized carbons (Fsp3) is 0.312. The molecule has 6 nitrogen and oxygen atoms in total. The van der Waals surface area contributed by atoms with Crippen LogP contribution < -0.4 is 10.1 Å². The van der Waals surface area contributed by atoms with Crippen molar-refractivity contribution in [2.24, 2.45) is 0 Å². The van der Waals surface area contributed by atoms with Gasteiger partial charge in [0.1, 0.15) is 29.8 Å². The summed E-state index contributed by atoms with van der Waals surface area (Å²) in [6.07, 6.45) is 5.75. The minimum atomic E-state index is 0.398. The van der Waals surface area contributed by atoms with Crippen molar-refractivity contribution in [3.8, 4) is 11.8 Å². The number of aromatic amines is 1. The second-order valence-electron chi connectivity index (χ2n) is 5.52. The van der Waals surface area contributed by atoms with E-state index < -0.39 is 0 Å². The van der Waals surface area contributed by atoms with Gasteiger partial charge >= 0.3 is 0 Å². The monoisotopic (exact) mass is 293 g/mol. The number of ether oxygens (including phenoxy) is 1. The number of nitrogens with one attached hydrogen (secondary N) is 2. The van der Waals surface area contributed by atoms with Gasteiger partial charge in [-0.15, -0.1) is 0 Å². The predicted molar refractivity (Wildman–Crippen MR) is 82.6 cm³/mol. The second kappa shape index (κ2) is 5.28. The van der Waals surface area contributed by atoms with Gasteiger partial charge in [-0.25, -0.2) is 9.97 Å². The van der Waals surface area contributed by atoms with Gasteiger partial charge in [0.15, 0.2) is 0 Å². The second-order valence-corrected chi connectivity index (χ2v) is 5.52. The van der Waals surface area contributed by atoms with Gasteiger partial charge in [0.2, 0.25) is 0 Å². The molecule has 0 amide bonds. The molecule has 1 atom stereocenters. The van der Waals surface area contributed by atoms with Crippen LogP contribution in [-0.2, 0) is 0 Å². The van der Waals surface area contributed by atoms with Crippen molar-refractivity contribution >= 4 is 21.9 Å². The van der Waals surface area contributed by atoms with Gasteiger partial charge in [0.25, 0.3) is 0 Å². The Morgan fingerprint density at radius 3 is 3.05 bits per heavy atom. The summed E-state index contributed by atoms with van der Waals surface area (Å²) >= 11 is 0. The van der Waals surface area contributed by atoms with Gasteiger partial charge in [-0.05, 0) is 31.5 Å². The zero-order chi connectivity index (χ0) is 14.9. The number of aromatic nitrogens is 3. The summed E-state index contributed by atoms with van der Waals surface area (Å²) in [5.41, 5.74) is 2.05. The molecule has 22 heavy (non-hydrogen) atoms. The van der Waals surface area contributed by atoms with E-state index in [2.05, 4.69) is 26.3 Å².